The van der Waals surface area contributed by atoms with Crippen molar-refractivity contribution in [3.63, 3.8) is 0 Å². The van der Waals surface area contributed by atoms with E-state index < -0.39 is 17.8 Å². The average Bonchev–Trinajstić information content (AvgIpc) is 2.74. The van der Waals surface area contributed by atoms with Gasteiger partial charge in [-0.1, -0.05) is 12.1 Å². The average molecular weight is 315 g/mol. The number of ether oxygens (including phenoxy) is 1. The summed E-state index contributed by atoms with van der Waals surface area (Å²) in [6, 6.07) is 4.89. The predicted octanol–water partition coefficient (Wildman–Crippen LogP) is 2.35. The SMILES string of the molecule is Cc1nc(C)n(C[C@H](O)COc2ccccc2C(F)(F)F)n1. The van der Waals surface area contributed by atoms with Crippen LogP contribution >= 0.6 is 0 Å². The van der Waals surface area contributed by atoms with E-state index in [1.165, 1.54) is 22.9 Å². The molecular weight excluding hydrogens is 299 g/mol. The predicted molar refractivity (Wildman–Crippen MR) is 72.4 cm³/mol. The molecule has 0 spiro atoms. The summed E-state index contributed by atoms with van der Waals surface area (Å²) in [4.78, 5) is 4.08. The first kappa shape index (κ1) is 16.3. The second-order valence-electron chi connectivity index (χ2n) is 4.85. The highest BCUT2D eigenvalue weighted by atomic mass is 19.4. The van der Waals surface area contributed by atoms with Gasteiger partial charge in [-0.25, -0.2) is 9.67 Å². The Hall–Kier alpha value is -2.09. The third-order valence-electron chi connectivity index (χ3n) is 2.97. The Labute approximate surface area is 125 Å². The van der Waals surface area contributed by atoms with Crippen molar-refractivity contribution >= 4 is 0 Å². The van der Waals surface area contributed by atoms with Crippen LogP contribution in [0.4, 0.5) is 13.2 Å². The molecule has 0 bridgehead atoms. The number of benzene rings is 1. The van der Waals surface area contributed by atoms with E-state index in [1.54, 1.807) is 13.8 Å². The smallest absolute Gasteiger partial charge is 0.419 e. The zero-order chi connectivity index (χ0) is 16.3. The number of nitrogens with zero attached hydrogens (tertiary/aromatic N) is 3. The number of hydrogen-bond acceptors (Lipinski definition) is 4. The van der Waals surface area contributed by atoms with Crippen molar-refractivity contribution in [2.75, 3.05) is 6.61 Å². The molecular formula is C14H16F3N3O2. The number of para-hydroxylation sites is 1. The minimum Gasteiger partial charge on any atom is -0.490 e. The minimum atomic E-state index is -4.50. The second kappa shape index (κ2) is 6.35. The van der Waals surface area contributed by atoms with E-state index in [1.807, 2.05) is 0 Å². The Morgan fingerprint density at radius 2 is 1.95 bits per heavy atom. The molecule has 120 valence electrons. The third-order valence-corrected chi connectivity index (χ3v) is 2.97. The van der Waals surface area contributed by atoms with Crippen LogP contribution in [0.3, 0.4) is 0 Å². The van der Waals surface area contributed by atoms with Gasteiger partial charge < -0.3 is 9.84 Å². The summed E-state index contributed by atoms with van der Waals surface area (Å²) >= 11 is 0. The summed E-state index contributed by atoms with van der Waals surface area (Å²) in [6.45, 7) is 3.27. The molecule has 0 aliphatic carbocycles. The minimum absolute atomic E-state index is 0.0981. The quantitative estimate of drug-likeness (QED) is 0.920. The molecule has 1 aromatic heterocycles. The van der Waals surface area contributed by atoms with Crippen molar-refractivity contribution in [1.29, 1.82) is 0 Å². The fourth-order valence-corrected chi connectivity index (χ4v) is 2.00. The van der Waals surface area contributed by atoms with E-state index in [9.17, 15) is 18.3 Å². The van der Waals surface area contributed by atoms with Gasteiger partial charge in [-0.15, -0.1) is 0 Å². The van der Waals surface area contributed by atoms with E-state index in [4.69, 9.17) is 4.74 Å². The highest BCUT2D eigenvalue weighted by Gasteiger charge is 2.34. The molecule has 0 saturated carbocycles. The van der Waals surface area contributed by atoms with Crippen LogP contribution in [0.1, 0.15) is 17.2 Å². The first-order valence-corrected chi connectivity index (χ1v) is 6.62. The van der Waals surface area contributed by atoms with E-state index >= 15 is 0 Å². The molecule has 0 saturated heterocycles. The Balaban J connectivity index is 2.00. The maximum Gasteiger partial charge on any atom is 0.419 e. The lowest BCUT2D eigenvalue weighted by Gasteiger charge is -2.16. The van der Waals surface area contributed by atoms with Gasteiger partial charge in [-0.3, -0.25) is 0 Å². The van der Waals surface area contributed by atoms with Gasteiger partial charge in [-0.05, 0) is 26.0 Å². The monoisotopic (exact) mass is 315 g/mol. The molecule has 0 aliphatic heterocycles. The van der Waals surface area contributed by atoms with Gasteiger partial charge >= 0.3 is 6.18 Å². The molecule has 5 nitrogen and oxygen atoms in total. The fourth-order valence-electron chi connectivity index (χ4n) is 2.00. The van der Waals surface area contributed by atoms with Crippen LogP contribution in [0.5, 0.6) is 5.75 Å². The Bertz CT molecular complexity index is 641. The van der Waals surface area contributed by atoms with Crippen molar-refractivity contribution < 1.29 is 23.0 Å². The van der Waals surface area contributed by atoms with Gasteiger partial charge in [0, 0.05) is 0 Å². The molecule has 1 aromatic carbocycles. The van der Waals surface area contributed by atoms with Gasteiger partial charge in [0.15, 0.2) is 0 Å². The number of aliphatic hydroxyl groups is 1. The van der Waals surface area contributed by atoms with Crippen molar-refractivity contribution in [1.82, 2.24) is 14.8 Å². The highest BCUT2D eigenvalue weighted by Crippen LogP contribution is 2.35. The van der Waals surface area contributed by atoms with Gasteiger partial charge in [-0.2, -0.15) is 18.3 Å². The number of aromatic nitrogens is 3. The van der Waals surface area contributed by atoms with Gasteiger partial charge in [0.05, 0.1) is 12.1 Å². The van der Waals surface area contributed by atoms with Gasteiger partial charge in [0.25, 0.3) is 0 Å². The third kappa shape index (κ3) is 3.97. The lowest BCUT2D eigenvalue weighted by atomic mass is 10.2. The molecule has 8 heteroatoms. The topological polar surface area (TPSA) is 60.2 Å². The molecule has 0 radical (unpaired) electrons. The maximum atomic E-state index is 12.8. The largest absolute Gasteiger partial charge is 0.490 e. The summed E-state index contributed by atoms with van der Waals surface area (Å²) in [5.74, 6) is 0.876. The normalized spacial score (nSPS) is 13.2. The van der Waals surface area contributed by atoms with E-state index in [2.05, 4.69) is 10.1 Å². The summed E-state index contributed by atoms with van der Waals surface area (Å²) in [5, 5.41) is 14.0. The van der Waals surface area contributed by atoms with Crippen LogP contribution in [0, 0.1) is 13.8 Å². The van der Waals surface area contributed by atoms with E-state index in [-0.39, 0.29) is 18.9 Å². The second-order valence-corrected chi connectivity index (χ2v) is 4.85. The Morgan fingerprint density at radius 1 is 1.27 bits per heavy atom. The number of halogens is 3. The lowest BCUT2D eigenvalue weighted by molar-refractivity contribution is -0.139. The van der Waals surface area contributed by atoms with Crippen molar-refractivity contribution in [3.8, 4) is 5.75 Å². The molecule has 0 aliphatic rings. The number of rotatable bonds is 5. The molecule has 0 fully saturated rings. The first-order chi connectivity index (χ1) is 10.3. The summed E-state index contributed by atoms with van der Waals surface area (Å²) in [7, 11) is 0. The number of aliphatic hydroxyl groups excluding tert-OH is 1. The van der Waals surface area contributed by atoms with Gasteiger partial charge in [0.1, 0.15) is 30.1 Å². The Kier molecular flexibility index (Phi) is 4.70. The van der Waals surface area contributed by atoms with Crippen molar-refractivity contribution in [2.45, 2.75) is 32.7 Å². The van der Waals surface area contributed by atoms with Crippen molar-refractivity contribution in [2.24, 2.45) is 0 Å². The summed E-state index contributed by atoms with van der Waals surface area (Å²) < 4.78 is 45.0. The van der Waals surface area contributed by atoms with E-state index in [0.717, 1.165) is 6.07 Å². The van der Waals surface area contributed by atoms with Crippen LogP contribution in [0.2, 0.25) is 0 Å². The molecule has 22 heavy (non-hydrogen) atoms. The first-order valence-electron chi connectivity index (χ1n) is 6.62. The molecule has 0 amide bonds. The molecule has 1 N–H and O–H groups in total. The molecule has 0 unspecified atom stereocenters. The van der Waals surface area contributed by atoms with Crippen LogP contribution in [0.25, 0.3) is 0 Å². The maximum absolute atomic E-state index is 12.8. The highest BCUT2D eigenvalue weighted by molar-refractivity contribution is 5.35. The summed E-state index contributed by atoms with van der Waals surface area (Å²) in [6.07, 6.45) is -5.50. The molecule has 1 atom stereocenters. The lowest BCUT2D eigenvalue weighted by Crippen LogP contribution is -2.25. The van der Waals surface area contributed by atoms with Crippen LogP contribution in [0.15, 0.2) is 24.3 Å². The molecule has 2 rings (SSSR count). The number of aryl methyl sites for hydroxylation is 2. The number of hydrogen-bond donors (Lipinski definition) is 1. The summed E-state index contributed by atoms with van der Waals surface area (Å²) in [5.41, 5.74) is -0.866. The van der Waals surface area contributed by atoms with Crippen LogP contribution in [-0.2, 0) is 12.7 Å². The fraction of sp³-hybridized carbons (Fsp3) is 0.429. The molecule has 1 heterocycles. The van der Waals surface area contributed by atoms with Crippen molar-refractivity contribution in [3.05, 3.63) is 41.5 Å². The standard InChI is InChI=1S/C14H16F3N3O2/c1-9-18-10(2)20(19-9)7-11(21)8-22-13-6-4-3-5-12(13)14(15,16)17/h3-6,11,21H,7-8H2,1-2H3/t11-/m0/s1. The van der Waals surface area contributed by atoms with E-state index in [0.29, 0.717) is 11.6 Å². The zero-order valence-corrected chi connectivity index (χ0v) is 12.1. The zero-order valence-electron chi connectivity index (χ0n) is 12.1. The number of alkyl halides is 3. The van der Waals surface area contributed by atoms with Crippen LogP contribution in [-0.4, -0.2) is 32.6 Å². The van der Waals surface area contributed by atoms with Gasteiger partial charge in [0.2, 0.25) is 0 Å². The van der Waals surface area contributed by atoms with Crippen LogP contribution < -0.4 is 4.74 Å². The molecule has 2 aromatic rings. The Morgan fingerprint density at radius 3 is 2.55 bits per heavy atom.